The van der Waals surface area contributed by atoms with Gasteiger partial charge in [0.25, 0.3) is 5.56 Å². The predicted octanol–water partition coefficient (Wildman–Crippen LogP) is 1.91. The number of fused-ring (bicyclic) bond motifs is 1. The van der Waals surface area contributed by atoms with Crippen LogP contribution in [-0.2, 0) is 9.84 Å². The van der Waals surface area contributed by atoms with Crippen molar-refractivity contribution in [1.82, 2.24) is 9.55 Å². The van der Waals surface area contributed by atoms with E-state index in [9.17, 15) is 18.3 Å². The van der Waals surface area contributed by atoms with E-state index < -0.39 is 21.2 Å². The van der Waals surface area contributed by atoms with E-state index in [4.69, 9.17) is 0 Å². The van der Waals surface area contributed by atoms with Crippen LogP contribution in [-0.4, -0.2) is 45.9 Å². The molecule has 24 heavy (non-hydrogen) atoms. The predicted molar refractivity (Wildman–Crippen MR) is 98.0 cm³/mol. The Bertz CT molecular complexity index is 959. The number of hydrogen-bond donors (Lipinski definition) is 1. The summed E-state index contributed by atoms with van der Waals surface area (Å²) in [5, 5.41) is 10.7. The summed E-state index contributed by atoms with van der Waals surface area (Å²) in [6.45, 7) is 7.67. The topological polar surface area (TPSA) is 89.3 Å². The van der Waals surface area contributed by atoms with E-state index in [1.54, 1.807) is 4.57 Å². The van der Waals surface area contributed by atoms with E-state index in [2.05, 4.69) is 4.98 Å². The number of nitrogens with zero attached hydrogens (tertiary/aromatic N) is 2. The monoisotopic (exact) mass is 388 g/mol. The highest BCUT2D eigenvalue weighted by atomic mass is 32.2. The maximum absolute atomic E-state index is 12.9. The van der Waals surface area contributed by atoms with Gasteiger partial charge in [-0.05, 0) is 33.3 Å². The van der Waals surface area contributed by atoms with E-state index >= 15 is 0 Å². The van der Waals surface area contributed by atoms with Crippen LogP contribution in [0.4, 0.5) is 0 Å². The Kier molecular flexibility index (Phi) is 4.57. The molecule has 3 rings (SSSR count). The van der Waals surface area contributed by atoms with Gasteiger partial charge in [0.15, 0.2) is 15.0 Å². The number of thiophene rings is 1. The molecule has 0 spiro atoms. The number of aromatic nitrogens is 2. The number of thioether (sulfide) groups is 1. The summed E-state index contributed by atoms with van der Waals surface area (Å²) in [7, 11) is -3.24. The molecule has 3 heterocycles. The summed E-state index contributed by atoms with van der Waals surface area (Å²) in [4.78, 5) is 19.3. The van der Waals surface area contributed by atoms with Crippen LogP contribution >= 0.6 is 23.1 Å². The van der Waals surface area contributed by atoms with Crippen molar-refractivity contribution < 1.29 is 13.5 Å². The van der Waals surface area contributed by atoms with Gasteiger partial charge in [-0.3, -0.25) is 9.36 Å². The van der Waals surface area contributed by atoms with E-state index in [0.29, 0.717) is 15.4 Å². The number of hydrogen-bond acceptors (Lipinski definition) is 7. The molecule has 1 fully saturated rings. The van der Waals surface area contributed by atoms with E-state index in [-0.39, 0.29) is 23.1 Å². The zero-order chi connectivity index (χ0) is 17.8. The zero-order valence-corrected chi connectivity index (χ0v) is 16.4. The molecule has 2 aromatic heterocycles. The lowest BCUT2D eigenvalue weighted by Gasteiger charge is -2.18. The van der Waals surface area contributed by atoms with Crippen LogP contribution in [0.2, 0.25) is 0 Å². The van der Waals surface area contributed by atoms with Gasteiger partial charge in [0, 0.05) is 10.9 Å². The standard InChI is InChI=1S/C15H20N2O4S3/c1-7(2)17-14(19)12-8(3)9(4)22-13(12)16-15(17)23-11-6-24(20,21)5-10(11)18/h7,10-11,18H,5-6H2,1-4H3/t10-,11-/m1/s1. The first kappa shape index (κ1) is 17.9. The average molecular weight is 389 g/mol. The Hall–Kier alpha value is -0.900. The molecule has 0 bridgehead atoms. The second kappa shape index (κ2) is 6.12. The third-order valence-corrected chi connectivity index (χ3v) is 8.56. The Balaban J connectivity index is 2.14. The summed E-state index contributed by atoms with van der Waals surface area (Å²) >= 11 is 2.66. The summed E-state index contributed by atoms with van der Waals surface area (Å²) in [6.07, 6.45) is -0.931. The minimum Gasteiger partial charge on any atom is -0.391 e. The van der Waals surface area contributed by atoms with Crippen molar-refractivity contribution in [2.45, 2.75) is 50.2 Å². The molecule has 2 aromatic rings. The normalized spacial score (nSPS) is 23.4. The third kappa shape index (κ3) is 3.02. The van der Waals surface area contributed by atoms with Gasteiger partial charge in [-0.2, -0.15) is 0 Å². The second-order valence-corrected chi connectivity index (χ2v) is 11.0. The molecule has 0 saturated carbocycles. The first-order chi connectivity index (χ1) is 11.1. The maximum atomic E-state index is 12.9. The van der Waals surface area contributed by atoms with Crippen molar-refractivity contribution in [3.63, 3.8) is 0 Å². The van der Waals surface area contributed by atoms with Gasteiger partial charge in [-0.15, -0.1) is 11.3 Å². The smallest absolute Gasteiger partial charge is 0.263 e. The van der Waals surface area contributed by atoms with Crippen molar-refractivity contribution in [2.75, 3.05) is 11.5 Å². The van der Waals surface area contributed by atoms with Crippen LogP contribution < -0.4 is 5.56 Å². The molecule has 1 aliphatic rings. The fraction of sp³-hybridized carbons (Fsp3) is 0.600. The number of aliphatic hydroxyl groups is 1. The van der Waals surface area contributed by atoms with Crippen molar-refractivity contribution in [3.8, 4) is 0 Å². The molecule has 0 radical (unpaired) electrons. The molecule has 0 amide bonds. The summed E-state index contributed by atoms with van der Waals surface area (Å²) in [5.41, 5.74) is 0.844. The molecule has 9 heteroatoms. The highest BCUT2D eigenvalue weighted by molar-refractivity contribution is 8.01. The Morgan fingerprint density at radius 2 is 2.00 bits per heavy atom. The molecule has 2 atom stereocenters. The second-order valence-electron chi connectivity index (χ2n) is 6.43. The van der Waals surface area contributed by atoms with Crippen molar-refractivity contribution >= 4 is 43.2 Å². The van der Waals surface area contributed by atoms with Crippen LogP contribution in [0.3, 0.4) is 0 Å². The van der Waals surface area contributed by atoms with E-state index in [1.165, 1.54) is 23.1 Å². The molecular weight excluding hydrogens is 368 g/mol. The molecular formula is C15H20N2O4S3. The molecule has 0 aliphatic carbocycles. The molecule has 132 valence electrons. The Morgan fingerprint density at radius 3 is 2.54 bits per heavy atom. The average Bonchev–Trinajstić information content (AvgIpc) is 2.85. The lowest BCUT2D eigenvalue weighted by Crippen LogP contribution is -2.27. The lowest BCUT2D eigenvalue weighted by molar-refractivity contribution is 0.207. The fourth-order valence-electron chi connectivity index (χ4n) is 2.87. The first-order valence-corrected chi connectivity index (χ1v) is 11.2. The minimum atomic E-state index is -3.24. The third-order valence-electron chi connectivity index (χ3n) is 4.25. The Labute approximate surface area is 148 Å². The summed E-state index contributed by atoms with van der Waals surface area (Å²) in [5.74, 6) is -0.316. The molecule has 0 unspecified atom stereocenters. The van der Waals surface area contributed by atoms with Crippen LogP contribution in [0.15, 0.2) is 9.95 Å². The van der Waals surface area contributed by atoms with Gasteiger partial charge in [0.2, 0.25) is 0 Å². The number of rotatable bonds is 3. The Morgan fingerprint density at radius 1 is 1.33 bits per heavy atom. The van der Waals surface area contributed by atoms with Crippen LogP contribution in [0.1, 0.15) is 30.3 Å². The van der Waals surface area contributed by atoms with Gasteiger partial charge in [0.1, 0.15) is 4.83 Å². The lowest BCUT2D eigenvalue weighted by atomic mass is 10.2. The highest BCUT2D eigenvalue weighted by Gasteiger charge is 2.38. The maximum Gasteiger partial charge on any atom is 0.263 e. The fourth-order valence-corrected chi connectivity index (χ4v) is 7.65. The van der Waals surface area contributed by atoms with Crippen LogP contribution in [0, 0.1) is 13.8 Å². The van der Waals surface area contributed by atoms with Gasteiger partial charge >= 0.3 is 0 Å². The molecule has 1 saturated heterocycles. The van der Waals surface area contributed by atoms with Crippen LogP contribution in [0.5, 0.6) is 0 Å². The van der Waals surface area contributed by atoms with Crippen molar-refractivity contribution in [3.05, 3.63) is 20.8 Å². The largest absolute Gasteiger partial charge is 0.391 e. The minimum absolute atomic E-state index is 0.0899. The summed E-state index contributed by atoms with van der Waals surface area (Å²) < 4.78 is 25.1. The molecule has 1 aliphatic heterocycles. The van der Waals surface area contributed by atoms with Crippen LogP contribution in [0.25, 0.3) is 10.2 Å². The number of aryl methyl sites for hydroxylation is 2. The first-order valence-electron chi connectivity index (χ1n) is 7.68. The SMILES string of the molecule is Cc1sc2nc(S[C@@H]3CS(=O)(=O)C[C@H]3O)n(C(C)C)c(=O)c2c1C. The molecule has 6 nitrogen and oxygen atoms in total. The van der Waals surface area contributed by atoms with Crippen molar-refractivity contribution in [2.24, 2.45) is 0 Å². The van der Waals surface area contributed by atoms with E-state index in [0.717, 1.165) is 10.4 Å². The van der Waals surface area contributed by atoms with Gasteiger partial charge < -0.3 is 5.11 Å². The summed E-state index contributed by atoms with van der Waals surface area (Å²) in [6, 6.07) is -0.105. The number of aliphatic hydroxyl groups excluding tert-OH is 1. The highest BCUT2D eigenvalue weighted by Crippen LogP contribution is 2.34. The van der Waals surface area contributed by atoms with Gasteiger partial charge in [-0.1, -0.05) is 11.8 Å². The zero-order valence-electron chi connectivity index (χ0n) is 13.9. The van der Waals surface area contributed by atoms with Gasteiger partial charge in [-0.25, -0.2) is 13.4 Å². The molecule has 0 aromatic carbocycles. The quantitative estimate of drug-likeness (QED) is 0.808. The van der Waals surface area contributed by atoms with E-state index in [1.807, 2.05) is 27.7 Å². The van der Waals surface area contributed by atoms with Crippen molar-refractivity contribution in [1.29, 1.82) is 0 Å². The molecule has 1 N–H and O–H groups in total. The number of sulfone groups is 1. The van der Waals surface area contributed by atoms with Gasteiger partial charge in [0.05, 0.1) is 28.2 Å².